The number of hydrogen-bond acceptors (Lipinski definition) is 6. The van der Waals surface area contributed by atoms with E-state index >= 15 is 0 Å². The van der Waals surface area contributed by atoms with Crippen molar-refractivity contribution in [2.24, 2.45) is 5.73 Å². The number of halogens is 1. The summed E-state index contributed by atoms with van der Waals surface area (Å²) in [5, 5.41) is 0.592. The van der Waals surface area contributed by atoms with Crippen molar-refractivity contribution in [2.75, 3.05) is 13.2 Å². The van der Waals surface area contributed by atoms with Gasteiger partial charge in [0.2, 0.25) is 11.7 Å². The molecular formula is C18H17ClN2O6. The van der Waals surface area contributed by atoms with Crippen LogP contribution in [-0.2, 0) is 14.3 Å². The number of hydrogen-bond donors (Lipinski definition) is 1. The Morgan fingerprint density at radius 2 is 2.04 bits per heavy atom. The van der Waals surface area contributed by atoms with Crippen molar-refractivity contribution in [3.63, 3.8) is 0 Å². The summed E-state index contributed by atoms with van der Waals surface area (Å²) in [5.41, 5.74) is 5.04. The van der Waals surface area contributed by atoms with Gasteiger partial charge in [-0.1, -0.05) is 11.6 Å². The molecule has 142 valence electrons. The minimum Gasteiger partial charge on any atom is -0.450 e. The smallest absolute Gasteiger partial charge is 0.374 e. The summed E-state index contributed by atoms with van der Waals surface area (Å²) in [4.78, 5) is 49.4. The zero-order chi connectivity index (χ0) is 19.6. The summed E-state index contributed by atoms with van der Waals surface area (Å²) in [6.07, 6.45) is 2.02. The highest BCUT2D eigenvalue weighted by Gasteiger charge is 2.31. The molecule has 2 amide bonds. The van der Waals surface area contributed by atoms with Crippen molar-refractivity contribution in [1.29, 1.82) is 0 Å². The second kappa shape index (κ2) is 7.79. The lowest BCUT2D eigenvalue weighted by Gasteiger charge is -2.33. The first-order valence-corrected chi connectivity index (χ1v) is 8.74. The molecule has 1 aliphatic heterocycles. The first-order valence-electron chi connectivity index (χ1n) is 8.36. The first kappa shape index (κ1) is 18.9. The highest BCUT2D eigenvalue weighted by Crippen LogP contribution is 2.19. The number of rotatable bonds is 4. The molecule has 8 nitrogen and oxygen atoms in total. The van der Waals surface area contributed by atoms with Crippen LogP contribution in [0.25, 0.3) is 11.0 Å². The monoisotopic (exact) mass is 392 g/mol. The van der Waals surface area contributed by atoms with Crippen molar-refractivity contribution in [3.8, 4) is 0 Å². The molecule has 0 aliphatic carbocycles. The largest absolute Gasteiger partial charge is 0.450 e. The number of primary amides is 1. The summed E-state index contributed by atoms with van der Waals surface area (Å²) in [6, 6.07) is 4.70. The van der Waals surface area contributed by atoms with Gasteiger partial charge in [-0.15, -0.1) is 0 Å². The van der Waals surface area contributed by atoms with Crippen LogP contribution in [0.4, 0.5) is 0 Å². The van der Waals surface area contributed by atoms with Crippen molar-refractivity contribution in [3.05, 3.63) is 45.3 Å². The van der Waals surface area contributed by atoms with Gasteiger partial charge in [-0.25, -0.2) is 4.79 Å². The summed E-state index contributed by atoms with van der Waals surface area (Å²) >= 11 is 5.84. The molecule has 9 heteroatoms. The second-order valence-corrected chi connectivity index (χ2v) is 6.63. The van der Waals surface area contributed by atoms with E-state index in [0.29, 0.717) is 18.0 Å². The average molecular weight is 393 g/mol. The number of nitrogens with zero attached hydrogens (tertiary/aromatic N) is 1. The summed E-state index contributed by atoms with van der Waals surface area (Å²) in [5.74, 6) is -2.40. The normalized spacial score (nSPS) is 16.9. The van der Waals surface area contributed by atoms with Gasteiger partial charge in [0.25, 0.3) is 5.91 Å². The fourth-order valence-corrected chi connectivity index (χ4v) is 3.21. The van der Waals surface area contributed by atoms with Gasteiger partial charge >= 0.3 is 5.97 Å². The molecule has 0 unspecified atom stereocenters. The lowest BCUT2D eigenvalue weighted by molar-refractivity contribution is -0.143. The Hall–Kier alpha value is -2.87. The van der Waals surface area contributed by atoms with Gasteiger partial charge in [0.1, 0.15) is 11.6 Å². The zero-order valence-electron chi connectivity index (χ0n) is 14.3. The SMILES string of the molecule is NC(=O)[C@@H]1CCCCN1C(=O)COC(=O)c1cc(=O)c2cc(Cl)ccc2o1. The highest BCUT2D eigenvalue weighted by molar-refractivity contribution is 6.31. The number of ether oxygens (including phenoxy) is 1. The maximum atomic E-state index is 12.3. The summed E-state index contributed by atoms with van der Waals surface area (Å²) < 4.78 is 10.3. The number of carbonyl (C=O) groups excluding carboxylic acids is 3. The number of esters is 1. The molecule has 27 heavy (non-hydrogen) atoms. The van der Waals surface area contributed by atoms with E-state index in [0.717, 1.165) is 18.9 Å². The number of fused-ring (bicyclic) bond motifs is 1. The van der Waals surface area contributed by atoms with Crippen LogP contribution in [0.5, 0.6) is 0 Å². The lowest BCUT2D eigenvalue weighted by Crippen LogP contribution is -2.51. The van der Waals surface area contributed by atoms with Crippen LogP contribution in [0, 0.1) is 0 Å². The van der Waals surface area contributed by atoms with Crippen LogP contribution in [-0.4, -0.2) is 41.9 Å². The molecule has 2 N–H and O–H groups in total. The molecule has 2 aromatic rings. The molecule has 2 heterocycles. The number of benzene rings is 1. The third kappa shape index (κ3) is 4.11. The highest BCUT2D eigenvalue weighted by atomic mass is 35.5. The Bertz CT molecular complexity index is 970. The van der Waals surface area contributed by atoms with Gasteiger partial charge in [0.15, 0.2) is 12.0 Å². The third-order valence-electron chi connectivity index (χ3n) is 4.37. The molecule has 1 aromatic heterocycles. The Morgan fingerprint density at radius 1 is 1.26 bits per heavy atom. The maximum absolute atomic E-state index is 12.3. The summed E-state index contributed by atoms with van der Waals surface area (Å²) in [6.45, 7) is -0.208. The second-order valence-electron chi connectivity index (χ2n) is 6.19. The number of nitrogens with two attached hydrogens (primary N) is 1. The van der Waals surface area contributed by atoms with Crippen LogP contribution < -0.4 is 11.2 Å². The Labute approximate surface area is 158 Å². The Kier molecular flexibility index (Phi) is 5.46. The van der Waals surface area contributed by atoms with E-state index in [1.807, 2.05) is 0 Å². The minimum absolute atomic E-state index is 0.176. The maximum Gasteiger partial charge on any atom is 0.374 e. The van der Waals surface area contributed by atoms with E-state index in [9.17, 15) is 19.2 Å². The van der Waals surface area contributed by atoms with E-state index in [-0.39, 0.29) is 16.7 Å². The number of carbonyl (C=O) groups is 3. The van der Waals surface area contributed by atoms with Gasteiger partial charge in [0.05, 0.1) is 5.39 Å². The molecule has 1 saturated heterocycles. The number of likely N-dealkylation sites (tertiary alicyclic amines) is 1. The van der Waals surface area contributed by atoms with Gasteiger partial charge in [-0.2, -0.15) is 0 Å². The number of amides is 2. The molecule has 1 atom stereocenters. The van der Waals surface area contributed by atoms with E-state index in [1.54, 1.807) is 0 Å². The van der Waals surface area contributed by atoms with E-state index in [4.69, 9.17) is 26.5 Å². The molecule has 1 aliphatic rings. The quantitative estimate of drug-likeness (QED) is 0.786. The van der Waals surface area contributed by atoms with Crippen molar-refractivity contribution < 1.29 is 23.5 Å². The topological polar surface area (TPSA) is 120 Å². The molecule has 0 bridgehead atoms. The molecule has 0 spiro atoms. The fourth-order valence-electron chi connectivity index (χ4n) is 3.04. The molecular weight excluding hydrogens is 376 g/mol. The molecule has 0 saturated carbocycles. The minimum atomic E-state index is -0.954. The van der Waals surface area contributed by atoms with Gasteiger partial charge in [0, 0.05) is 17.6 Å². The van der Waals surface area contributed by atoms with Crippen LogP contribution in [0.3, 0.4) is 0 Å². The molecule has 1 aromatic carbocycles. The molecule has 3 rings (SSSR count). The Balaban J connectivity index is 1.71. The van der Waals surface area contributed by atoms with Crippen LogP contribution in [0.1, 0.15) is 29.8 Å². The van der Waals surface area contributed by atoms with Crippen molar-refractivity contribution >= 4 is 40.4 Å². The number of piperidine rings is 1. The van der Waals surface area contributed by atoms with Gasteiger partial charge in [-0.05, 0) is 37.5 Å². The molecule has 1 fully saturated rings. The van der Waals surface area contributed by atoms with E-state index < -0.39 is 35.9 Å². The van der Waals surface area contributed by atoms with Crippen LogP contribution in [0.2, 0.25) is 5.02 Å². The van der Waals surface area contributed by atoms with Crippen molar-refractivity contribution in [1.82, 2.24) is 4.90 Å². The standard InChI is InChI=1S/C18H17ClN2O6/c19-10-4-5-14-11(7-10)13(22)8-15(27-14)18(25)26-9-16(23)21-6-2-1-3-12(21)17(20)24/h4-5,7-8,12H,1-3,6,9H2,(H2,20,24)/t12-/m0/s1. The van der Waals surface area contributed by atoms with Gasteiger partial charge < -0.3 is 19.8 Å². The Morgan fingerprint density at radius 3 is 2.78 bits per heavy atom. The summed E-state index contributed by atoms with van der Waals surface area (Å²) in [7, 11) is 0. The fraction of sp³-hybridized carbons (Fsp3) is 0.333. The van der Waals surface area contributed by atoms with E-state index in [1.165, 1.54) is 23.1 Å². The zero-order valence-corrected chi connectivity index (χ0v) is 15.0. The van der Waals surface area contributed by atoms with Crippen LogP contribution >= 0.6 is 11.6 Å². The van der Waals surface area contributed by atoms with Gasteiger partial charge in [-0.3, -0.25) is 14.4 Å². The van der Waals surface area contributed by atoms with Crippen LogP contribution in [0.15, 0.2) is 33.5 Å². The average Bonchev–Trinajstić information content (AvgIpc) is 2.66. The predicted molar refractivity (Wildman–Crippen MR) is 96.3 cm³/mol. The van der Waals surface area contributed by atoms with E-state index in [2.05, 4.69) is 0 Å². The first-order chi connectivity index (χ1) is 12.9. The molecule has 0 radical (unpaired) electrons. The lowest BCUT2D eigenvalue weighted by atomic mass is 10.0. The predicted octanol–water partition coefficient (Wildman–Crippen LogP) is 1.47. The third-order valence-corrected chi connectivity index (χ3v) is 4.60. The van der Waals surface area contributed by atoms with Crippen molar-refractivity contribution in [2.45, 2.75) is 25.3 Å².